The molecule has 0 fully saturated rings. The summed E-state index contributed by atoms with van der Waals surface area (Å²) in [5, 5.41) is 0. The first-order valence-electron chi connectivity index (χ1n) is 5.36. The summed E-state index contributed by atoms with van der Waals surface area (Å²) in [6.07, 6.45) is 2.32. The highest BCUT2D eigenvalue weighted by Crippen LogP contribution is 2.24. The van der Waals surface area contributed by atoms with Crippen LogP contribution in [0.2, 0.25) is 0 Å². The first-order chi connectivity index (χ1) is 7.43. The summed E-state index contributed by atoms with van der Waals surface area (Å²) in [6.45, 7) is 3.91. The smallest absolute Gasteiger partial charge is 0.186 e. The number of hydrogen-bond donors (Lipinski definition) is 1. The minimum absolute atomic E-state index is 0.0191. The van der Waals surface area contributed by atoms with Gasteiger partial charge < -0.3 is 5.73 Å². The van der Waals surface area contributed by atoms with E-state index in [1.807, 2.05) is 32.8 Å². The number of carbonyl (C=O) groups is 1. The summed E-state index contributed by atoms with van der Waals surface area (Å²) in [7, 11) is 3.79. The molecule has 0 amide bonds. The Bertz CT molecular complexity index is 390. The molecule has 0 bridgehead atoms. The van der Waals surface area contributed by atoms with E-state index in [1.165, 1.54) is 0 Å². The average Bonchev–Trinajstić information content (AvgIpc) is 2.27. The number of anilines is 1. The van der Waals surface area contributed by atoms with Crippen molar-refractivity contribution in [3.05, 3.63) is 23.9 Å². The van der Waals surface area contributed by atoms with Crippen molar-refractivity contribution in [3.8, 4) is 0 Å². The number of nitrogens with two attached hydrogens (primary N) is 1. The maximum Gasteiger partial charge on any atom is 0.186 e. The van der Waals surface area contributed by atoms with Crippen LogP contribution in [0.3, 0.4) is 0 Å². The van der Waals surface area contributed by atoms with Crippen molar-refractivity contribution in [1.29, 1.82) is 0 Å². The lowest BCUT2D eigenvalue weighted by molar-refractivity contribution is 0.0711. The fourth-order valence-corrected chi connectivity index (χ4v) is 1.58. The number of carbonyl (C=O) groups excluding carboxylic acids is 1. The van der Waals surface area contributed by atoms with Gasteiger partial charge in [-0.25, -0.2) is 4.98 Å². The number of nitrogen functional groups attached to an aromatic ring is 1. The molecule has 0 saturated heterocycles. The van der Waals surface area contributed by atoms with E-state index in [2.05, 4.69) is 4.98 Å². The Hall–Kier alpha value is -1.42. The standard InChI is InChI=1S/C12H19N3O/c1-5-12(2,15(3)4)10(16)9-7-6-8-14-11(9)13/h6-8H,5H2,1-4H3,(H2,13,14). The number of likely N-dealkylation sites (N-methyl/N-ethyl adjacent to an activating group) is 1. The fourth-order valence-electron chi connectivity index (χ4n) is 1.58. The van der Waals surface area contributed by atoms with Gasteiger partial charge >= 0.3 is 0 Å². The number of aromatic nitrogens is 1. The lowest BCUT2D eigenvalue weighted by atomic mass is 9.87. The summed E-state index contributed by atoms with van der Waals surface area (Å²) in [6, 6.07) is 3.46. The van der Waals surface area contributed by atoms with E-state index in [9.17, 15) is 4.79 Å². The highest BCUT2D eigenvalue weighted by molar-refractivity contribution is 6.06. The Morgan fingerprint density at radius 2 is 2.19 bits per heavy atom. The van der Waals surface area contributed by atoms with Crippen molar-refractivity contribution < 1.29 is 4.79 Å². The Morgan fingerprint density at radius 3 is 2.62 bits per heavy atom. The molecule has 1 aromatic heterocycles. The molecule has 1 rings (SSSR count). The van der Waals surface area contributed by atoms with Crippen LogP contribution in [0.1, 0.15) is 30.6 Å². The first kappa shape index (κ1) is 12.6. The number of ketones is 1. The zero-order valence-electron chi connectivity index (χ0n) is 10.3. The van der Waals surface area contributed by atoms with Gasteiger partial charge in [0.2, 0.25) is 0 Å². The molecule has 16 heavy (non-hydrogen) atoms. The lowest BCUT2D eigenvalue weighted by Crippen LogP contribution is -2.48. The zero-order chi connectivity index (χ0) is 12.3. The van der Waals surface area contributed by atoms with Gasteiger partial charge in [-0.05, 0) is 39.6 Å². The van der Waals surface area contributed by atoms with Gasteiger partial charge in [0, 0.05) is 6.20 Å². The third-order valence-electron chi connectivity index (χ3n) is 3.25. The molecule has 1 unspecified atom stereocenters. The number of Topliss-reactive ketones (excluding diaryl/α,β-unsaturated/α-hetero) is 1. The second-order valence-corrected chi connectivity index (χ2v) is 4.29. The van der Waals surface area contributed by atoms with Gasteiger partial charge in [0.1, 0.15) is 5.82 Å². The van der Waals surface area contributed by atoms with Crippen LogP contribution in [0.5, 0.6) is 0 Å². The third kappa shape index (κ3) is 2.07. The fraction of sp³-hybridized carbons (Fsp3) is 0.500. The van der Waals surface area contributed by atoms with E-state index in [1.54, 1.807) is 18.3 Å². The minimum atomic E-state index is -0.531. The van der Waals surface area contributed by atoms with E-state index in [-0.39, 0.29) is 5.78 Å². The normalized spacial score (nSPS) is 14.8. The maximum atomic E-state index is 12.4. The molecule has 0 saturated carbocycles. The molecule has 1 aromatic rings. The van der Waals surface area contributed by atoms with Crippen molar-refractivity contribution in [3.63, 3.8) is 0 Å². The van der Waals surface area contributed by atoms with Crippen molar-refractivity contribution in [2.45, 2.75) is 25.8 Å². The Kier molecular flexibility index (Phi) is 3.65. The first-order valence-corrected chi connectivity index (χ1v) is 5.36. The largest absolute Gasteiger partial charge is 0.383 e. The van der Waals surface area contributed by atoms with Crippen molar-refractivity contribution in [2.75, 3.05) is 19.8 Å². The third-order valence-corrected chi connectivity index (χ3v) is 3.25. The highest BCUT2D eigenvalue weighted by atomic mass is 16.1. The molecule has 4 nitrogen and oxygen atoms in total. The van der Waals surface area contributed by atoms with Crippen molar-refractivity contribution in [2.24, 2.45) is 0 Å². The molecular weight excluding hydrogens is 202 g/mol. The van der Waals surface area contributed by atoms with Gasteiger partial charge in [-0.2, -0.15) is 0 Å². The van der Waals surface area contributed by atoms with E-state index in [0.717, 1.165) is 6.42 Å². The second-order valence-electron chi connectivity index (χ2n) is 4.29. The summed E-state index contributed by atoms with van der Waals surface area (Å²) in [5.74, 6) is 0.319. The van der Waals surface area contributed by atoms with Crippen molar-refractivity contribution in [1.82, 2.24) is 9.88 Å². The predicted octanol–water partition coefficient (Wildman–Crippen LogP) is 1.58. The monoisotopic (exact) mass is 221 g/mol. The molecule has 2 N–H and O–H groups in total. The van der Waals surface area contributed by atoms with E-state index in [4.69, 9.17) is 5.73 Å². The number of pyridine rings is 1. The van der Waals surface area contributed by atoms with Crippen LogP contribution in [0.25, 0.3) is 0 Å². The Morgan fingerprint density at radius 1 is 1.56 bits per heavy atom. The van der Waals surface area contributed by atoms with Gasteiger partial charge in [0.15, 0.2) is 5.78 Å². The SMILES string of the molecule is CCC(C)(C(=O)c1cccnc1N)N(C)C. The molecule has 0 aliphatic carbocycles. The van der Waals surface area contributed by atoms with E-state index < -0.39 is 5.54 Å². The lowest BCUT2D eigenvalue weighted by Gasteiger charge is -2.34. The summed E-state index contributed by atoms with van der Waals surface area (Å²) >= 11 is 0. The molecule has 1 atom stereocenters. The number of hydrogen-bond acceptors (Lipinski definition) is 4. The zero-order valence-corrected chi connectivity index (χ0v) is 10.3. The molecule has 0 aliphatic heterocycles. The molecule has 0 spiro atoms. The molecule has 4 heteroatoms. The van der Waals surface area contributed by atoms with Gasteiger partial charge in [0.25, 0.3) is 0 Å². The van der Waals surface area contributed by atoms with Gasteiger partial charge in [-0.3, -0.25) is 9.69 Å². The van der Waals surface area contributed by atoms with E-state index >= 15 is 0 Å². The average molecular weight is 221 g/mol. The predicted molar refractivity (Wildman–Crippen MR) is 65.4 cm³/mol. The van der Waals surface area contributed by atoms with Crippen molar-refractivity contribution >= 4 is 11.6 Å². The summed E-state index contributed by atoms with van der Waals surface area (Å²) in [5.41, 5.74) is 5.69. The highest BCUT2D eigenvalue weighted by Gasteiger charge is 2.35. The molecule has 1 heterocycles. The van der Waals surface area contributed by atoms with Crippen LogP contribution in [-0.2, 0) is 0 Å². The van der Waals surface area contributed by atoms with Crippen LogP contribution < -0.4 is 5.73 Å². The number of nitrogens with zero attached hydrogens (tertiary/aromatic N) is 2. The molecule has 0 aliphatic rings. The molecule has 0 radical (unpaired) electrons. The minimum Gasteiger partial charge on any atom is -0.383 e. The van der Waals surface area contributed by atoms with Gasteiger partial charge in [-0.1, -0.05) is 6.92 Å². The van der Waals surface area contributed by atoms with Gasteiger partial charge in [0.05, 0.1) is 11.1 Å². The van der Waals surface area contributed by atoms with Crippen LogP contribution in [0, 0.1) is 0 Å². The Labute approximate surface area is 96.5 Å². The quantitative estimate of drug-likeness (QED) is 0.784. The number of rotatable bonds is 4. The summed E-state index contributed by atoms with van der Waals surface area (Å²) in [4.78, 5) is 18.3. The summed E-state index contributed by atoms with van der Waals surface area (Å²) < 4.78 is 0. The molecule has 88 valence electrons. The van der Waals surface area contributed by atoms with E-state index in [0.29, 0.717) is 11.4 Å². The van der Waals surface area contributed by atoms with Crippen LogP contribution in [0.4, 0.5) is 5.82 Å². The van der Waals surface area contributed by atoms with Crippen LogP contribution in [-0.4, -0.2) is 35.3 Å². The van der Waals surface area contributed by atoms with Crippen LogP contribution in [0.15, 0.2) is 18.3 Å². The molecular formula is C12H19N3O. The maximum absolute atomic E-state index is 12.4. The second kappa shape index (κ2) is 4.61. The Balaban J connectivity index is 3.15. The molecule has 0 aromatic carbocycles. The topological polar surface area (TPSA) is 59.2 Å². The van der Waals surface area contributed by atoms with Crippen LogP contribution >= 0.6 is 0 Å². The van der Waals surface area contributed by atoms with Gasteiger partial charge in [-0.15, -0.1) is 0 Å².